The lowest BCUT2D eigenvalue weighted by atomic mass is 10.0. The number of amides is 5. The third-order valence-corrected chi connectivity index (χ3v) is 14.2. The summed E-state index contributed by atoms with van der Waals surface area (Å²) in [7, 11) is 0. The van der Waals surface area contributed by atoms with Gasteiger partial charge < -0.3 is 78.1 Å². The molecule has 0 spiro atoms. The molecule has 2 aromatic rings. The second-order valence-electron chi connectivity index (χ2n) is 21.0. The summed E-state index contributed by atoms with van der Waals surface area (Å²) in [5.41, 5.74) is 2.03. The van der Waals surface area contributed by atoms with E-state index in [1.807, 2.05) is 5.32 Å². The van der Waals surface area contributed by atoms with E-state index >= 15 is 0 Å². The highest BCUT2D eigenvalue weighted by molar-refractivity contribution is 7.80. The van der Waals surface area contributed by atoms with Crippen LogP contribution in [0.15, 0.2) is 54.6 Å². The number of carboxylic acids is 8. The van der Waals surface area contributed by atoms with Crippen LogP contribution in [0.1, 0.15) is 81.8 Å². The van der Waals surface area contributed by atoms with Crippen molar-refractivity contribution >= 4 is 94.5 Å². The summed E-state index contributed by atoms with van der Waals surface area (Å²) in [6, 6.07) is 8.44. The summed E-state index contributed by atoms with van der Waals surface area (Å²) in [5, 5.41) is 94.7. The number of nitrogens with zero attached hydrogens (tertiary/aromatic N) is 4. The van der Waals surface area contributed by atoms with E-state index in [4.69, 9.17) is 17.3 Å². The molecule has 2 aromatic carbocycles. The number of unbranched alkanes of at least 4 members (excludes halogenated alkanes) is 3. The summed E-state index contributed by atoms with van der Waals surface area (Å²) in [5.74, 6) is -11.9. The predicted octanol–water partition coefficient (Wildman–Crippen LogP) is -0.562. The van der Waals surface area contributed by atoms with Crippen LogP contribution in [0.25, 0.3) is 0 Å². The van der Waals surface area contributed by atoms with Crippen LogP contribution < -0.4 is 37.2 Å². The Hall–Kier alpha value is -8.59. The van der Waals surface area contributed by atoms with Gasteiger partial charge in [-0.1, -0.05) is 48.9 Å². The van der Waals surface area contributed by atoms with Crippen LogP contribution in [0.5, 0.6) is 0 Å². The number of hydrogen-bond acceptors (Lipinski definition) is 17. The number of benzene rings is 2. The second-order valence-corrected chi connectivity index (χ2v) is 21.4. The van der Waals surface area contributed by atoms with Gasteiger partial charge in [0.15, 0.2) is 5.11 Å². The number of anilines is 1. The van der Waals surface area contributed by atoms with Gasteiger partial charge in [0.1, 0.15) is 24.2 Å². The Kier molecular flexibility index (Phi) is 33.5. The number of aliphatic carboxylic acids is 8. The fourth-order valence-electron chi connectivity index (χ4n) is 9.40. The molecule has 3 rings (SSSR count). The zero-order valence-electron chi connectivity index (χ0n) is 48.6. The van der Waals surface area contributed by atoms with Gasteiger partial charge in [0.25, 0.3) is 0 Å². The molecule has 0 radical (unpaired) electrons. The van der Waals surface area contributed by atoms with E-state index in [2.05, 4.69) is 31.9 Å². The lowest BCUT2D eigenvalue weighted by Gasteiger charge is -2.37. The Bertz CT molecular complexity index is 2680. The van der Waals surface area contributed by atoms with E-state index in [1.54, 1.807) is 74.2 Å². The van der Waals surface area contributed by atoms with Gasteiger partial charge in [0.05, 0.1) is 26.2 Å². The van der Waals surface area contributed by atoms with Crippen LogP contribution in [0.3, 0.4) is 0 Å². The van der Waals surface area contributed by atoms with Gasteiger partial charge in [-0.3, -0.25) is 62.8 Å². The second kappa shape index (κ2) is 40.0. The highest BCUT2D eigenvalue weighted by Gasteiger charge is 2.31. The van der Waals surface area contributed by atoms with E-state index < -0.39 is 134 Å². The fraction of sp³-hybridized carbons (Fsp3) is 0.554. The zero-order chi connectivity index (χ0) is 65.1. The largest absolute Gasteiger partial charge is 0.481 e. The SMILES string of the molecule is O=C(O)CCC(NC(=O)NC(CCCCNC(=O)C(Cc1ccccc1)NC(=O)C(CCC(=O)O)NC(=O)CCCCCNC(=S)Nc1ccc(CC2CN(CC(=O)O)CCN(CC(=O)O)CCN(CC(=O)O)CCN2CC(=O)O)cc1)C(=O)O)C(=O)O. The number of nitrogens with one attached hydrogen (secondary N) is 7. The Morgan fingerprint density at radius 3 is 1.53 bits per heavy atom. The number of hydrogen-bond donors (Lipinski definition) is 15. The topological polar surface area (TPSA) is 464 Å². The minimum Gasteiger partial charge on any atom is -0.481 e. The first kappa shape index (κ1) is 73.7. The fourth-order valence-corrected chi connectivity index (χ4v) is 9.62. The van der Waals surface area contributed by atoms with Crippen LogP contribution in [0.4, 0.5) is 10.5 Å². The van der Waals surface area contributed by atoms with Crippen LogP contribution >= 0.6 is 12.2 Å². The maximum Gasteiger partial charge on any atom is 0.326 e. The minimum atomic E-state index is -1.59. The van der Waals surface area contributed by atoms with Gasteiger partial charge in [0, 0.05) is 96.3 Å². The van der Waals surface area contributed by atoms with Crippen molar-refractivity contribution in [2.45, 2.75) is 114 Å². The summed E-state index contributed by atoms with van der Waals surface area (Å²) in [6.07, 6.45) is 0.120. The molecule has 0 saturated carbocycles. The van der Waals surface area contributed by atoms with Crippen molar-refractivity contribution in [3.05, 3.63) is 65.7 Å². The first-order valence-corrected chi connectivity index (χ1v) is 29.0. The van der Waals surface area contributed by atoms with Crippen LogP contribution in [0.2, 0.25) is 0 Å². The van der Waals surface area contributed by atoms with Crippen molar-refractivity contribution in [3.8, 4) is 0 Å². The standard InChI is InChI=1S/C56H81N11O20S/c68-44(60-40(17-19-45(69)70)52(82)61-43(30-36-9-3-1-4-10-36)51(81)57-21-8-6-11-41(53(83)84)62-55(87)63-42(54(85)86)18-20-46(71)72)12-5-2-7-22-58-56(88)59-38-15-13-37(14-16-38)29-39-31-66(34-49(77)78)26-25-64(32-47(73)74)23-24-65(33-48(75)76)27-28-67(39)35-50(79)80/h1,3-4,9-10,13-16,39-43H,2,5-8,11-12,17-35H2,(H,57,81)(H,60,68)(H,61,82)(H,69,70)(H,71,72)(H,73,74)(H,75,76)(H,77,78)(H,79,80)(H,83,84)(H,85,86)(H2,58,59,88)(H2,62,63,87). The molecular weight excluding hydrogens is 1180 g/mol. The minimum absolute atomic E-state index is 0.00283. The van der Waals surface area contributed by atoms with Crippen molar-refractivity contribution < 1.29 is 98.4 Å². The van der Waals surface area contributed by atoms with Crippen LogP contribution in [0, 0.1) is 0 Å². The van der Waals surface area contributed by atoms with E-state index in [0.29, 0.717) is 37.1 Å². The van der Waals surface area contributed by atoms with E-state index in [0.717, 1.165) is 5.56 Å². The summed E-state index contributed by atoms with van der Waals surface area (Å²) >= 11 is 5.50. The Morgan fingerprint density at radius 2 is 0.977 bits per heavy atom. The first-order valence-electron chi connectivity index (χ1n) is 28.6. The van der Waals surface area contributed by atoms with Gasteiger partial charge in [-0.15, -0.1) is 0 Å². The number of carboxylic acid groups (broad SMARTS) is 8. The summed E-state index contributed by atoms with van der Waals surface area (Å²) in [4.78, 5) is 153. The molecule has 5 unspecified atom stereocenters. The third-order valence-electron chi connectivity index (χ3n) is 13.9. The normalized spacial score (nSPS) is 15.8. The zero-order valence-corrected chi connectivity index (χ0v) is 49.5. The molecule has 5 amide bonds. The molecule has 1 aliphatic rings. The predicted molar refractivity (Wildman–Crippen MR) is 317 cm³/mol. The van der Waals surface area contributed by atoms with Gasteiger partial charge in [-0.25, -0.2) is 14.4 Å². The molecule has 1 saturated heterocycles. The summed E-state index contributed by atoms with van der Waals surface area (Å²) < 4.78 is 0. The highest BCUT2D eigenvalue weighted by atomic mass is 32.1. The number of thiocarbonyl (C=S) groups is 1. The molecule has 88 heavy (non-hydrogen) atoms. The molecule has 0 bridgehead atoms. The lowest BCUT2D eigenvalue weighted by Crippen LogP contribution is -2.54. The average Bonchev–Trinajstić information content (AvgIpc) is 3.66. The molecule has 31 nitrogen and oxygen atoms in total. The van der Waals surface area contributed by atoms with Crippen molar-refractivity contribution in [1.29, 1.82) is 0 Å². The molecule has 5 atom stereocenters. The maximum absolute atomic E-state index is 13.7. The van der Waals surface area contributed by atoms with Crippen molar-refractivity contribution in [1.82, 2.24) is 51.5 Å². The number of urea groups is 1. The highest BCUT2D eigenvalue weighted by Crippen LogP contribution is 2.17. The smallest absolute Gasteiger partial charge is 0.326 e. The van der Waals surface area contributed by atoms with Crippen LogP contribution in [-0.2, 0) is 65.6 Å². The number of rotatable bonds is 38. The summed E-state index contributed by atoms with van der Waals surface area (Å²) in [6.45, 7) is -0.0683. The Labute approximate surface area is 512 Å². The van der Waals surface area contributed by atoms with Crippen LogP contribution in [-0.4, -0.2) is 252 Å². The molecule has 1 aliphatic heterocycles. The third kappa shape index (κ3) is 31.7. The van der Waals surface area contributed by atoms with Gasteiger partial charge in [-0.2, -0.15) is 0 Å². The van der Waals surface area contributed by atoms with Gasteiger partial charge in [0.2, 0.25) is 17.7 Å². The molecule has 15 N–H and O–H groups in total. The van der Waals surface area contributed by atoms with Crippen molar-refractivity contribution in [2.24, 2.45) is 0 Å². The Morgan fingerprint density at radius 1 is 0.466 bits per heavy atom. The monoisotopic (exact) mass is 1260 g/mol. The van der Waals surface area contributed by atoms with Gasteiger partial charge in [-0.05, 0) is 86.8 Å². The Balaban J connectivity index is 1.55. The van der Waals surface area contributed by atoms with E-state index in [1.165, 1.54) is 0 Å². The molecule has 32 heteroatoms. The lowest BCUT2D eigenvalue weighted by molar-refractivity contribution is -0.142. The maximum atomic E-state index is 13.7. The van der Waals surface area contributed by atoms with Crippen molar-refractivity contribution in [2.75, 3.05) is 90.4 Å². The molecule has 0 aliphatic carbocycles. The van der Waals surface area contributed by atoms with Gasteiger partial charge >= 0.3 is 53.8 Å². The quantitative estimate of drug-likeness (QED) is 0.0296. The molecular formula is C56H81N11O20S. The molecule has 0 aromatic heterocycles. The van der Waals surface area contributed by atoms with E-state index in [9.17, 15) is 93.3 Å². The van der Waals surface area contributed by atoms with E-state index in [-0.39, 0.29) is 116 Å². The van der Waals surface area contributed by atoms with Crippen molar-refractivity contribution in [3.63, 3.8) is 0 Å². The number of carbonyl (C=O) groups excluding carboxylic acids is 4. The molecule has 1 fully saturated rings. The molecule has 1 heterocycles. The number of carbonyl (C=O) groups is 12. The average molecular weight is 1260 g/mol. The first-order chi connectivity index (χ1) is 41.8. The molecule has 486 valence electrons.